The first-order chi connectivity index (χ1) is 9.24. The standard InChI is InChI=1S/C17H33NO2/c1-7-18-14(12-17(19-6)9-8-10-17)13-11-15(2,3)20-16(13,4)5/h13-14,18H,7-12H2,1-6H3. The van der Waals surface area contributed by atoms with Gasteiger partial charge in [0.1, 0.15) is 0 Å². The van der Waals surface area contributed by atoms with Gasteiger partial charge in [0, 0.05) is 19.1 Å². The Morgan fingerprint density at radius 3 is 2.25 bits per heavy atom. The van der Waals surface area contributed by atoms with Gasteiger partial charge in [-0.3, -0.25) is 0 Å². The van der Waals surface area contributed by atoms with Crippen LogP contribution < -0.4 is 5.32 Å². The van der Waals surface area contributed by atoms with Crippen LogP contribution in [0.2, 0.25) is 0 Å². The average molecular weight is 283 g/mol. The summed E-state index contributed by atoms with van der Waals surface area (Å²) >= 11 is 0. The molecule has 118 valence electrons. The molecule has 0 aromatic carbocycles. The van der Waals surface area contributed by atoms with E-state index >= 15 is 0 Å². The van der Waals surface area contributed by atoms with Crippen molar-refractivity contribution in [2.24, 2.45) is 5.92 Å². The summed E-state index contributed by atoms with van der Waals surface area (Å²) in [4.78, 5) is 0. The minimum Gasteiger partial charge on any atom is -0.378 e. The van der Waals surface area contributed by atoms with Crippen molar-refractivity contribution in [1.29, 1.82) is 0 Å². The Bertz CT molecular complexity index is 328. The average Bonchev–Trinajstić information content (AvgIpc) is 2.50. The number of ether oxygens (including phenoxy) is 2. The van der Waals surface area contributed by atoms with E-state index in [9.17, 15) is 0 Å². The van der Waals surface area contributed by atoms with E-state index in [0.29, 0.717) is 12.0 Å². The number of hydrogen-bond acceptors (Lipinski definition) is 3. The van der Waals surface area contributed by atoms with Gasteiger partial charge >= 0.3 is 0 Å². The van der Waals surface area contributed by atoms with E-state index in [1.165, 1.54) is 19.3 Å². The van der Waals surface area contributed by atoms with Crippen molar-refractivity contribution in [1.82, 2.24) is 5.32 Å². The first kappa shape index (κ1) is 16.3. The Morgan fingerprint density at radius 1 is 1.25 bits per heavy atom. The van der Waals surface area contributed by atoms with Crippen molar-refractivity contribution < 1.29 is 9.47 Å². The maximum Gasteiger partial charge on any atom is 0.0693 e. The lowest BCUT2D eigenvalue weighted by molar-refractivity contribution is -0.100. The summed E-state index contributed by atoms with van der Waals surface area (Å²) in [6.45, 7) is 12.1. The van der Waals surface area contributed by atoms with E-state index in [0.717, 1.165) is 19.4 Å². The molecule has 2 rings (SSSR count). The van der Waals surface area contributed by atoms with Crippen LogP contribution in [0.3, 0.4) is 0 Å². The van der Waals surface area contributed by atoms with Crippen LogP contribution in [0.25, 0.3) is 0 Å². The fraction of sp³-hybridized carbons (Fsp3) is 1.00. The van der Waals surface area contributed by atoms with E-state index in [1.54, 1.807) is 0 Å². The number of hydrogen-bond donors (Lipinski definition) is 1. The third-order valence-electron chi connectivity index (χ3n) is 5.39. The van der Waals surface area contributed by atoms with Crippen LogP contribution in [-0.2, 0) is 9.47 Å². The van der Waals surface area contributed by atoms with Crippen LogP contribution in [0.4, 0.5) is 0 Å². The molecule has 0 aromatic heterocycles. The molecule has 2 fully saturated rings. The molecule has 0 bridgehead atoms. The molecule has 1 saturated heterocycles. The summed E-state index contributed by atoms with van der Waals surface area (Å²) in [6.07, 6.45) is 5.97. The number of methoxy groups -OCH3 is 1. The summed E-state index contributed by atoms with van der Waals surface area (Å²) in [7, 11) is 1.88. The van der Waals surface area contributed by atoms with E-state index in [4.69, 9.17) is 9.47 Å². The van der Waals surface area contributed by atoms with Crippen molar-refractivity contribution in [3.8, 4) is 0 Å². The molecule has 2 atom stereocenters. The van der Waals surface area contributed by atoms with Gasteiger partial charge in [0.05, 0.1) is 16.8 Å². The summed E-state index contributed by atoms with van der Waals surface area (Å²) in [5.74, 6) is 0.546. The maximum atomic E-state index is 6.30. The third kappa shape index (κ3) is 3.20. The Hall–Kier alpha value is -0.120. The topological polar surface area (TPSA) is 30.5 Å². The van der Waals surface area contributed by atoms with Crippen molar-refractivity contribution in [3.05, 3.63) is 0 Å². The maximum absolute atomic E-state index is 6.30. The van der Waals surface area contributed by atoms with Crippen LogP contribution in [0.1, 0.15) is 66.7 Å². The lowest BCUT2D eigenvalue weighted by atomic mass is 9.70. The molecule has 2 unspecified atom stereocenters. The molecule has 2 aliphatic rings. The highest BCUT2D eigenvalue weighted by atomic mass is 16.5. The van der Waals surface area contributed by atoms with Gasteiger partial charge < -0.3 is 14.8 Å². The predicted molar refractivity (Wildman–Crippen MR) is 83.0 cm³/mol. The van der Waals surface area contributed by atoms with Gasteiger partial charge in [0.25, 0.3) is 0 Å². The zero-order chi connectivity index (χ0) is 15.0. The molecule has 3 nitrogen and oxygen atoms in total. The van der Waals surface area contributed by atoms with E-state index in [2.05, 4.69) is 39.9 Å². The molecule has 0 radical (unpaired) electrons. The van der Waals surface area contributed by atoms with Gasteiger partial charge in [-0.2, -0.15) is 0 Å². The summed E-state index contributed by atoms with van der Waals surface area (Å²) < 4.78 is 12.1. The Balaban J connectivity index is 2.12. The highest BCUT2D eigenvalue weighted by molar-refractivity contribution is 5.03. The molecule has 3 heteroatoms. The summed E-state index contributed by atoms with van der Waals surface area (Å²) in [5, 5.41) is 3.72. The molecule has 1 N–H and O–H groups in total. The molecule has 1 saturated carbocycles. The van der Waals surface area contributed by atoms with Crippen molar-refractivity contribution >= 4 is 0 Å². The lowest BCUT2D eigenvalue weighted by Gasteiger charge is -2.45. The normalized spacial score (nSPS) is 31.8. The molecule has 1 aliphatic carbocycles. The van der Waals surface area contributed by atoms with E-state index in [1.807, 2.05) is 7.11 Å². The van der Waals surface area contributed by atoms with Crippen LogP contribution in [-0.4, -0.2) is 36.5 Å². The molecule has 0 spiro atoms. The summed E-state index contributed by atoms with van der Waals surface area (Å²) in [6, 6.07) is 0.483. The van der Waals surface area contributed by atoms with Crippen molar-refractivity contribution in [2.75, 3.05) is 13.7 Å². The first-order valence-electron chi connectivity index (χ1n) is 8.22. The Labute approximate surface area is 124 Å². The second-order valence-electron chi connectivity index (χ2n) is 7.88. The van der Waals surface area contributed by atoms with Gasteiger partial charge in [-0.25, -0.2) is 0 Å². The van der Waals surface area contributed by atoms with Gasteiger partial charge in [-0.1, -0.05) is 6.92 Å². The molecule has 1 aliphatic heterocycles. The molecule has 1 heterocycles. The van der Waals surface area contributed by atoms with Crippen LogP contribution >= 0.6 is 0 Å². The number of nitrogens with one attached hydrogen (secondary N) is 1. The smallest absolute Gasteiger partial charge is 0.0693 e. The second kappa shape index (κ2) is 5.58. The van der Waals surface area contributed by atoms with Crippen LogP contribution in [0, 0.1) is 5.92 Å². The molecule has 20 heavy (non-hydrogen) atoms. The first-order valence-corrected chi connectivity index (χ1v) is 8.22. The van der Waals surface area contributed by atoms with Crippen LogP contribution in [0.15, 0.2) is 0 Å². The minimum atomic E-state index is -0.0605. The summed E-state index contributed by atoms with van der Waals surface area (Å²) in [5.41, 5.74) is 0.0480. The quantitative estimate of drug-likeness (QED) is 0.809. The highest BCUT2D eigenvalue weighted by Gasteiger charge is 2.51. The highest BCUT2D eigenvalue weighted by Crippen LogP contribution is 2.47. The van der Waals surface area contributed by atoms with Gasteiger partial charge in [-0.05, 0) is 66.3 Å². The monoisotopic (exact) mass is 283 g/mol. The molecular formula is C17H33NO2. The van der Waals surface area contributed by atoms with E-state index < -0.39 is 0 Å². The third-order valence-corrected chi connectivity index (χ3v) is 5.39. The van der Waals surface area contributed by atoms with Gasteiger partial charge in [0.15, 0.2) is 0 Å². The lowest BCUT2D eigenvalue weighted by Crippen LogP contribution is -2.51. The van der Waals surface area contributed by atoms with Crippen LogP contribution in [0.5, 0.6) is 0 Å². The Kier molecular flexibility index (Phi) is 4.54. The minimum absolute atomic E-state index is 0.0122. The predicted octanol–water partition coefficient (Wildman–Crippen LogP) is 3.52. The fourth-order valence-corrected chi connectivity index (χ4v) is 4.31. The molecular weight excluding hydrogens is 250 g/mol. The number of rotatable bonds is 6. The zero-order valence-electron chi connectivity index (χ0n) is 14.2. The van der Waals surface area contributed by atoms with Crippen molar-refractivity contribution in [2.45, 2.75) is 89.6 Å². The SMILES string of the molecule is CCNC(CC1(OC)CCC1)C1CC(C)(C)OC1(C)C. The largest absolute Gasteiger partial charge is 0.378 e. The second-order valence-corrected chi connectivity index (χ2v) is 7.88. The van der Waals surface area contributed by atoms with Gasteiger partial charge in [-0.15, -0.1) is 0 Å². The molecule has 0 amide bonds. The Morgan fingerprint density at radius 2 is 1.90 bits per heavy atom. The van der Waals surface area contributed by atoms with Crippen molar-refractivity contribution in [3.63, 3.8) is 0 Å². The zero-order valence-corrected chi connectivity index (χ0v) is 14.2. The van der Waals surface area contributed by atoms with Gasteiger partial charge in [0.2, 0.25) is 0 Å². The van der Waals surface area contributed by atoms with E-state index in [-0.39, 0.29) is 16.8 Å². The molecule has 0 aromatic rings. The fourth-order valence-electron chi connectivity index (χ4n) is 4.31.